The fourth-order valence-electron chi connectivity index (χ4n) is 2.58. The van der Waals surface area contributed by atoms with E-state index in [1.54, 1.807) is 38.1 Å². The van der Waals surface area contributed by atoms with E-state index >= 15 is 0 Å². The SMILES string of the molecule is Cc1c(N=C=O)cc(Cc2cc(N=C=O)c(C)c(N=C=O)c2)cc1N=C=O. The molecule has 0 atom stereocenters. The van der Waals surface area contributed by atoms with Crippen LogP contribution < -0.4 is 0 Å². The van der Waals surface area contributed by atoms with Crippen LogP contribution in [0.4, 0.5) is 22.7 Å². The Kier molecular flexibility index (Phi) is 6.34. The van der Waals surface area contributed by atoms with E-state index in [-0.39, 0.29) is 0 Å². The van der Waals surface area contributed by atoms with Gasteiger partial charge in [-0.05, 0) is 55.7 Å². The van der Waals surface area contributed by atoms with Gasteiger partial charge in [0.25, 0.3) is 0 Å². The highest BCUT2D eigenvalue weighted by molar-refractivity contribution is 5.69. The fourth-order valence-corrected chi connectivity index (χ4v) is 2.58. The van der Waals surface area contributed by atoms with Gasteiger partial charge in [0, 0.05) is 11.1 Å². The van der Waals surface area contributed by atoms with E-state index in [9.17, 15) is 19.2 Å². The fraction of sp³-hybridized carbons (Fsp3) is 0.158. The van der Waals surface area contributed by atoms with Crippen LogP contribution in [0.5, 0.6) is 0 Å². The summed E-state index contributed by atoms with van der Waals surface area (Å²) in [4.78, 5) is 57.1. The van der Waals surface area contributed by atoms with E-state index in [2.05, 4.69) is 20.0 Å². The molecule has 27 heavy (non-hydrogen) atoms. The van der Waals surface area contributed by atoms with Gasteiger partial charge < -0.3 is 0 Å². The Morgan fingerprint density at radius 1 is 0.593 bits per heavy atom. The number of carbonyl (C=O) groups excluding carboxylic acids is 4. The van der Waals surface area contributed by atoms with Crippen LogP contribution in [0.15, 0.2) is 44.2 Å². The Morgan fingerprint density at radius 2 is 0.852 bits per heavy atom. The number of hydrogen-bond donors (Lipinski definition) is 0. The quantitative estimate of drug-likeness (QED) is 0.575. The minimum absolute atomic E-state index is 0.312. The van der Waals surface area contributed by atoms with Gasteiger partial charge in [0.05, 0.1) is 22.7 Å². The summed E-state index contributed by atoms with van der Waals surface area (Å²) in [5, 5.41) is 0. The number of rotatable bonds is 6. The first kappa shape index (κ1) is 19.3. The third-order valence-corrected chi connectivity index (χ3v) is 3.90. The third kappa shape index (κ3) is 4.53. The second-order valence-electron chi connectivity index (χ2n) is 5.51. The maximum atomic E-state index is 10.6. The lowest BCUT2D eigenvalue weighted by atomic mass is 9.98. The van der Waals surface area contributed by atoms with Crippen LogP contribution in [0, 0.1) is 13.8 Å². The second-order valence-corrected chi connectivity index (χ2v) is 5.51. The maximum absolute atomic E-state index is 10.6. The van der Waals surface area contributed by atoms with Gasteiger partial charge in [0.1, 0.15) is 0 Å². The Morgan fingerprint density at radius 3 is 1.07 bits per heavy atom. The van der Waals surface area contributed by atoms with E-state index in [1.807, 2.05) is 0 Å². The summed E-state index contributed by atoms with van der Waals surface area (Å²) in [5.41, 5.74) is 3.70. The Hall–Kier alpha value is -4.04. The lowest BCUT2D eigenvalue weighted by Gasteiger charge is -2.10. The number of isocyanates is 4. The molecule has 2 aromatic carbocycles. The molecule has 0 aliphatic rings. The van der Waals surface area contributed by atoms with Gasteiger partial charge in [-0.3, -0.25) is 0 Å². The summed E-state index contributed by atoms with van der Waals surface area (Å²) in [6, 6.07) is 6.59. The Bertz CT molecular complexity index is 931. The Labute approximate surface area is 153 Å². The molecular weight excluding hydrogens is 348 g/mol. The van der Waals surface area contributed by atoms with Gasteiger partial charge in [-0.2, -0.15) is 20.0 Å². The molecule has 132 valence electrons. The van der Waals surface area contributed by atoms with E-state index in [0.29, 0.717) is 51.4 Å². The predicted molar refractivity (Wildman–Crippen MR) is 96.3 cm³/mol. The van der Waals surface area contributed by atoms with Crippen LogP contribution in [-0.4, -0.2) is 24.3 Å². The van der Waals surface area contributed by atoms with Crippen molar-refractivity contribution in [2.24, 2.45) is 20.0 Å². The van der Waals surface area contributed by atoms with Gasteiger partial charge in [-0.1, -0.05) is 0 Å². The summed E-state index contributed by atoms with van der Waals surface area (Å²) >= 11 is 0. The number of hydrogen-bond acceptors (Lipinski definition) is 8. The van der Waals surface area contributed by atoms with Crippen LogP contribution in [0.25, 0.3) is 0 Å². The van der Waals surface area contributed by atoms with Crippen LogP contribution in [0.1, 0.15) is 22.3 Å². The summed E-state index contributed by atoms with van der Waals surface area (Å²) in [7, 11) is 0. The minimum Gasteiger partial charge on any atom is -0.211 e. The van der Waals surface area contributed by atoms with Crippen molar-refractivity contribution in [3.8, 4) is 0 Å². The average molecular weight is 360 g/mol. The van der Waals surface area contributed by atoms with Crippen LogP contribution in [0.2, 0.25) is 0 Å². The normalized spacial score (nSPS) is 9.26. The molecule has 8 nitrogen and oxygen atoms in total. The van der Waals surface area contributed by atoms with Gasteiger partial charge in [-0.25, -0.2) is 19.2 Å². The smallest absolute Gasteiger partial charge is 0.211 e. The number of benzene rings is 2. The lowest BCUT2D eigenvalue weighted by Crippen LogP contribution is -1.91. The lowest BCUT2D eigenvalue weighted by molar-refractivity contribution is 0.564. The van der Waals surface area contributed by atoms with Gasteiger partial charge in [0.2, 0.25) is 24.3 Å². The molecule has 2 aromatic rings. The summed E-state index contributed by atoms with van der Waals surface area (Å²) in [6.07, 6.45) is 6.16. The van der Waals surface area contributed by atoms with Gasteiger partial charge in [-0.15, -0.1) is 0 Å². The first-order chi connectivity index (χ1) is 13.0. The first-order valence-electron chi connectivity index (χ1n) is 7.62. The van der Waals surface area contributed by atoms with E-state index in [0.717, 1.165) is 0 Å². The molecule has 0 unspecified atom stereocenters. The molecule has 8 heteroatoms. The van der Waals surface area contributed by atoms with Crippen molar-refractivity contribution in [1.29, 1.82) is 0 Å². The van der Waals surface area contributed by atoms with Crippen LogP contribution >= 0.6 is 0 Å². The van der Waals surface area contributed by atoms with Crippen molar-refractivity contribution >= 4 is 47.1 Å². The van der Waals surface area contributed by atoms with Crippen molar-refractivity contribution in [2.45, 2.75) is 20.3 Å². The molecule has 0 heterocycles. The standard InChI is InChI=1S/C19H12N4O4/c1-12-16(20-8-24)4-14(5-17(12)21-9-25)3-15-6-18(22-10-26)13(2)19(7-15)23-11-27/h4-7H,3H2,1-2H3. The third-order valence-electron chi connectivity index (χ3n) is 3.90. The van der Waals surface area contributed by atoms with E-state index in [1.165, 1.54) is 24.3 Å². The van der Waals surface area contributed by atoms with E-state index < -0.39 is 0 Å². The topological polar surface area (TPSA) is 118 Å². The minimum atomic E-state index is 0.312. The first-order valence-corrected chi connectivity index (χ1v) is 7.62. The van der Waals surface area contributed by atoms with Crippen molar-refractivity contribution < 1.29 is 19.2 Å². The molecule has 0 N–H and O–H groups in total. The molecule has 0 bridgehead atoms. The van der Waals surface area contributed by atoms with E-state index in [4.69, 9.17) is 0 Å². The molecule has 0 aliphatic carbocycles. The monoisotopic (exact) mass is 360 g/mol. The zero-order valence-corrected chi connectivity index (χ0v) is 14.4. The molecule has 2 rings (SSSR count). The molecule has 0 saturated carbocycles. The highest BCUT2D eigenvalue weighted by atomic mass is 16.1. The molecule has 0 spiro atoms. The summed E-state index contributed by atoms with van der Waals surface area (Å²) in [5.74, 6) is 0. The molecule has 0 saturated heterocycles. The number of aliphatic imine (C=N–C) groups is 4. The predicted octanol–water partition coefficient (Wildman–Crippen LogP) is 3.76. The van der Waals surface area contributed by atoms with Gasteiger partial charge in [0.15, 0.2) is 0 Å². The molecule has 0 radical (unpaired) electrons. The molecule has 0 aliphatic heterocycles. The largest absolute Gasteiger partial charge is 0.240 e. The zero-order chi connectivity index (χ0) is 19.8. The van der Waals surface area contributed by atoms with Gasteiger partial charge >= 0.3 is 0 Å². The average Bonchev–Trinajstić information content (AvgIpc) is 2.63. The number of nitrogens with zero attached hydrogens (tertiary/aromatic N) is 4. The maximum Gasteiger partial charge on any atom is 0.240 e. The highest BCUT2D eigenvalue weighted by Crippen LogP contribution is 2.34. The second kappa shape index (κ2) is 8.88. The molecule has 0 fully saturated rings. The van der Waals surface area contributed by atoms with Crippen molar-refractivity contribution in [1.82, 2.24) is 0 Å². The zero-order valence-electron chi connectivity index (χ0n) is 14.4. The van der Waals surface area contributed by atoms with Crippen molar-refractivity contribution in [3.05, 3.63) is 46.5 Å². The summed E-state index contributed by atoms with van der Waals surface area (Å²) in [6.45, 7) is 3.33. The molecule has 0 aromatic heterocycles. The summed E-state index contributed by atoms with van der Waals surface area (Å²) < 4.78 is 0. The van der Waals surface area contributed by atoms with Crippen molar-refractivity contribution in [3.63, 3.8) is 0 Å². The van der Waals surface area contributed by atoms with Crippen LogP contribution in [0.3, 0.4) is 0 Å². The van der Waals surface area contributed by atoms with Crippen LogP contribution in [-0.2, 0) is 25.6 Å². The Balaban J connectivity index is 2.62. The molecular formula is C19H12N4O4. The van der Waals surface area contributed by atoms with Crippen molar-refractivity contribution in [2.75, 3.05) is 0 Å². The highest BCUT2D eigenvalue weighted by Gasteiger charge is 2.11. The molecule has 0 amide bonds.